The molecule has 11 nitrogen and oxygen atoms in total. The number of nitrogens with two attached hydrogens (primary N) is 1. The lowest BCUT2D eigenvalue weighted by molar-refractivity contribution is -0.117. The molecule has 0 saturated heterocycles. The van der Waals surface area contributed by atoms with E-state index in [9.17, 15) is 14.4 Å². The Bertz CT molecular complexity index is 1610. The van der Waals surface area contributed by atoms with Gasteiger partial charge in [0.25, 0.3) is 5.56 Å². The van der Waals surface area contributed by atoms with Crippen LogP contribution in [0, 0.1) is 5.92 Å². The third kappa shape index (κ3) is 3.16. The summed E-state index contributed by atoms with van der Waals surface area (Å²) in [6.07, 6.45) is 0. The number of benzene rings is 2. The predicted molar refractivity (Wildman–Crippen MR) is 130 cm³/mol. The summed E-state index contributed by atoms with van der Waals surface area (Å²) in [6, 6.07) is 14.4. The summed E-state index contributed by atoms with van der Waals surface area (Å²) in [4.78, 5) is 52.2. The average Bonchev–Trinajstić information content (AvgIpc) is 2.98. The van der Waals surface area contributed by atoms with Gasteiger partial charge in [-0.1, -0.05) is 24.3 Å². The van der Waals surface area contributed by atoms with Gasteiger partial charge in [0.2, 0.25) is 5.91 Å². The molecule has 35 heavy (non-hydrogen) atoms. The van der Waals surface area contributed by atoms with Crippen molar-refractivity contribution in [2.75, 3.05) is 17.7 Å². The van der Waals surface area contributed by atoms with Crippen molar-refractivity contribution in [1.29, 1.82) is 0 Å². The maximum absolute atomic E-state index is 13.3. The van der Waals surface area contributed by atoms with Crippen molar-refractivity contribution in [2.24, 2.45) is 21.6 Å². The number of amidine groups is 2. The molecule has 0 aliphatic carbocycles. The van der Waals surface area contributed by atoms with Crippen LogP contribution in [0.2, 0.25) is 0 Å². The Morgan fingerprint density at radius 1 is 0.886 bits per heavy atom. The number of para-hydroxylation sites is 2. The Morgan fingerprint density at radius 3 is 2.31 bits per heavy atom. The van der Waals surface area contributed by atoms with Crippen LogP contribution in [0.3, 0.4) is 0 Å². The Kier molecular flexibility index (Phi) is 4.46. The molecule has 4 heterocycles. The molecule has 6 rings (SSSR count). The highest BCUT2D eigenvalue weighted by Gasteiger charge is 2.43. The highest BCUT2D eigenvalue weighted by atomic mass is 16.5. The second kappa shape index (κ2) is 7.55. The fourth-order valence-corrected chi connectivity index (χ4v) is 4.72. The zero-order chi connectivity index (χ0) is 24.3. The average molecular weight is 469 g/mol. The van der Waals surface area contributed by atoms with Gasteiger partial charge in [-0.25, -0.2) is 14.8 Å². The van der Waals surface area contributed by atoms with E-state index in [1.807, 2.05) is 30.3 Å². The summed E-state index contributed by atoms with van der Waals surface area (Å²) >= 11 is 0. The standard InChI is InChI=1S/C24H19N7O4/c1-35-11-8-6-10(7-9-11)14-15-18-17(23(33)27-13-5-3-2-4-12(13)26-18)19(25)28-20(15)29-21-16(14)22(32)31-24(34)30-21/h2-9,14,17,26H,1H3,(H,27,33)(H4,25,28,29,30,31,32,34). The molecule has 1 amide bonds. The fraction of sp³-hybridized carbons (Fsp3) is 0.125. The Labute approximate surface area is 197 Å². The van der Waals surface area contributed by atoms with Crippen LogP contribution in [-0.4, -0.2) is 34.7 Å². The summed E-state index contributed by atoms with van der Waals surface area (Å²) in [5.74, 6) is -1.01. The maximum Gasteiger partial charge on any atom is 0.327 e. The minimum atomic E-state index is -0.930. The number of dihydropyridines is 1. The smallest absolute Gasteiger partial charge is 0.327 e. The lowest BCUT2D eigenvalue weighted by Crippen LogP contribution is -2.43. The van der Waals surface area contributed by atoms with Crippen LogP contribution in [0.4, 0.5) is 17.2 Å². The number of hydrogen-bond acceptors (Lipinski definition) is 8. The topological polar surface area (TPSA) is 167 Å². The SMILES string of the molecule is COc1ccc(C2C3=C4Nc5ccccc5NC(=O)C4C(N)=NC3=Nc3[nH]c(=O)[nH]c(=O)c32)cc1. The molecule has 1 aromatic heterocycles. The minimum Gasteiger partial charge on any atom is -0.497 e. The van der Waals surface area contributed by atoms with Crippen LogP contribution in [0.5, 0.6) is 5.75 Å². The number of H-pyrrole nitrogens is 2. The van der Waals surface area contributed by atoms with Crippen LogP contribution in [-0.2, 0) is 4.79 Å². The molecule has 2 aromatic carbocycles. The van der Waals surface area contributed by atoms with Crippen molar-refractivity contribution in [2.45, 2.75) is 5.92 Å². The monoisotopic (exact) mass is 469 g/mol. The van der Waals surface area contributed by atoms with Crippen molar-refractivity contribution in [3.8, 4) is 5.75 Å². The summed E-state index contributed by atoms with van der Waals surface area (Å²) in [5, 5.41) is 6.24. The van der Waals surface area contributed by atoms with Crippen molar-refractivity contribution in [3.63, 3.8) is 0 Å². The number of amides is 1. The quantitative estimate of drug-likeness (QED) is 0.382. The molecule has 174 valence electrons. The van der Waals surface area contributed by atoms with Gasteiger partial charge in [0.15, 0.2) is 5.84 Å². The summed E-state index contributed by atoms with van der Waals surface area (Å²) in [5.41, 5.74) is 8.19. The Hall–Kier alpha value is -4.93. The van der Waals surface area contributed by atoms with Gasteiger partial charge in [0.05, 0.1) is 24.0 Å². The van der Waals surface area contributed by atoms with E-state index >= 15 is 0 Å². The summed E-state index contributed by atoms with van der Waals surface area (Å²) < 4.78 is 5.29. The molecule has 0 radical (unpaired) electrons. The molecule has 0 saturated carbocycles. The number of aliphatic imine (C=N–C) groups is 2. The number of rotatable bonds is 2. The Balaban J connectivity index is 1.68. The maximum atomic E-state index is 13.3. The van der Waals surface area contributed by atoms with Crippen LogP contribution >= 0.6 is 0 Å². The number of nitrogens with zero attached hydrogens (tertiary/aromatic N) is 2. The van der Waals surface area contributed by atoms with Gasteiger partial charge in [-0.05, 0) is 29.8 Å². The van der Waals surface area contributed by atoms with Gasteiger partial charge in [-0.3, -0.25) is 19.6 Å². The lowest BCUT2D eigenvalue weighted by Gasteiger charge is -2.33. The highest BCUT2D eigenvalue weighted by molar-refractivity contribution is 6.22. The minimum absolute atomic E-state index is 0.0458. The number of aromatic nitrogens is 2. The third-order valence-electron chi connectivity index (χ3n) is 6.27. The largest absolute Gasteiger partial charge is 0.497 e. The van der Waals surface area contributed by atoms with Gasteiger partial charge in [-0.2, -0.15) is 0 Å². The first-order valence-electron chi connectivity index (χ1n) is 10.8. The zero-order valence-corrected chi connectivity index (χ0v) is 18.4. The summed E-state index contributed by atoms with van der Waals surface area (Å²) in [6.45, 7) is 0. The fourth-order valence-electron chi connectivity index (χ4n) is 4.72. The predicted octanol–water partition coefficient (Wildman–Crippen LogP) is 1.55. The van der Waals surface area contributed by atoms with Crippen molar-refractivity contribution >= 4 is 34.8 Å². The molecule has 11 heteroatoms. The number of hydrogen-bond donors (Lipinski definition) is 5. The van der Waals surface area contributed by atoms with Gasteiger partial charge < -0.3 is 21.1 Å². The highest BCUT2D eigenvalue weighted by Crippen LogP contribution is 2.45. The Morgan fingerprint density at radius 2 is 1.60 bits per heavy atom. The van der Waals surface area contributed by atoms with Gasteiger partial charge in [-0.15, -0.1) is 0 Å². The first kappa shape index (κ1) is 20.7. The molecule has 0 bridgehead atoms. The lowest BCUT2D eigenvalue weighted by atomic mass is 9.78. The van der Waals surface area contributed by atoms with Crippen molar-refractivity contribution in [1.82, 2.24) is 9.97 Å². The van der Waals surface area contributed by atoms with Gasteiger partial charge in [0.1, 0.15) is 23.3 Å². The first-order chi connectivity index (χ1) is 16.9. The van der Waals surface area contributed by atoms with Crippen molar-refractivity contribution in [3.05, 3.63) is 91.8 Å². The number of carbonyl (C=O) groups excluding carboxylic acids is 1. The number of carbonyl (C=O) groups is 1. The molecule has 3 aromatic rings. The van der Waals surface area contributed by atoms with E-state index in [1.54, 1.807) is 25.3 Å². The second-order valence-corrected chi connectivity index (χ2v) is 8.27. The van der Waals surface area contributed by atoms with E-state index in [2.05, 4.69) is 30.6 Å². The number of aromatic amines is 2. The zero-order valence-electron chi connectivity index (χ0n) is 18.4. The number of methoxy groups -OCH3 is 1. The third-order valence-corrected chi connectivity index (χ3v) is 6.27. The molecular weight excluding hydrogens is 450 g/mol. The first-order valence-corrected chi connectivity index (χ1v) is 10.8. The molecule has 0 fully saturated rings. The number of nitrogens with one attached hydrogen (secondary N) is 4. The number of anilines is 2. The van der Waals surface area contributed by atoms with E-state index in [0.717, 1.165) is 0 Å². The van der Waals surface area contributed by atoms with Gasteiger partial charge in [0, 0.05) is 17.2 Å². The van der Waals surface area contributed by atoms with Crippen LogP contribution in [0.1, 0.15) is 17.0 Å². The number of fused-ring (bicyclic) bond motifs is 4. The molecule has 3 aliphatic heterocycles. The van der Waals surface area contributed by atoms with E-state index in [0.29, 0.717) is 34.0 Å². The molecule has 6 N–H and O–H groups in total. The normalized spacial score (nSPS) is 20.1. The molecular formula is C24H19N7O4. The van der Waals surface area contributed by atoms with Crippen LogP contribution < -0.4 is 32.4 Å². The van der Waals surface area contributed by atoms with Crippen LogP contribution in [0.25, 0.3) is 0 Å². The summed E-state index contributed by atoms with van der Waals surface area (Å²) in [7, 11) is 1.56. The molecule has 3 aliphatic rings. The molecule has 2 atom stereocenters. The second-order valence-electron chi connectivity index (χ2n) is 8.27. The molecule has 0 spiro atoms. The van der Waals surface area contributed by atoms with Crippen molar-refractivity contribution < 1.29 is 9.53 Å². The molecule has 2 unspecified atom stereocenters. The van der Waals surface area contributed by atoms with Gasteiger partial charge >= 0.3 is 5.69 Å². The van der Waals surface area contributed by atoms with Crippen LogP contribution in [0.15, 0.2) is 79.4 Å². The van der Waals surface area contributed by atoms with E-state index in [-0.39, 0.29) is 29.0 Å². The van der Waals surface area contributed by atoms with E-state index in [4.69, 9.17) is 10.5 Å². The number of ether oxygens (including phenoxy) is 1. The van der Waals surface area contributed by atoms with E-state index < -0.39 is 23.1 Å². The van der Waals surface area contributed by atoms with E-state index in [1.165, 1.54) is 0 Å².